The van der Waals surface area contributed by atoms with Gasteiger partial charge in [-0.2, -0.15) is 0 Å². The molecular formula is C28H31N5O3. The summed E-state index contributed by atoms with van der Waals surface area (Å²) in [5.74, 6) is 2.21. The third-order valence-electron chi connectivity index (χ3n) is 6.53. The highest BCUT2D eigenvalue weighted by Crippen LogP contribution is 2.28. The summed E-state index contributed by atoms with van der Waals surface area (Å²) in [5, 5.41) is 3.40. The van der Waals surface area contributed by atoms with E-state index in [1.54, 1.807) is 19.4 Å². The van der Waals surface area contributed by atoms with Crippen molar-refractivity contribution in [1.82, 2.24) is 19.4 Å². The number of likely N-dealkylation sites (tertiary alicyclic amines) is 1. The van der Waals surface area contributed by atoms with E-state index in [9.17, 15) is 4.79 Å². The van der Waals surface area contributed by atoms with Crippen LogP contribution in [0.1, 0.15) is 18.2 Å². The van der Waals surface area contributed by atoms with E-state index in [0.29, 0.717) is 23.7 Å². The zero-order chi connectivity index (χ0) is 25.1. The molecule has 5 rings (SSSR count). The number of hydrogen-bond donors (Lipinski definition) is 1. The Hall–Kier alpha value is -3.75. The van der Waals surface area contributed by atoms with Gasteiger partial charge in [0, 0.05) is 51.3 Å². The molecule has 0 radical (unpaired) electrons. The number of nitrogens with one attached hydrogen (secondary N) is 1. The molecule has 4 aromatic rings. The molecular weight excluding hydrogens is 454 g/mol. The number of anilines is 2. The number of carbonyl (C=O) groups is 1. The quantitative estimate of drug-likeness (QED) is 0.354. The van der Waals surface area contributed by atoms with E-state index in [0.717, 1.165) is 42.2 Å². The van der Waals surface area contributed by atoms with Gasteiger partial charge in [0.1, 0.15) is 11.5 Å². The molecule has 0 unspecified atom stereocenters. The number of aromatic nitrogens is 3. The van der Waals surface area contributed by atoms with Crippen molar-refractivity contribution in [3.63, 3.8) is 0 Å². The monoisotopic (exact) mass is 485 g/mol. The van der Waals surface area contributed by atoms with Crippen LogP contribution in [0, 0.1) is 0 Å². The van der Waals surface area contributed by atoms with E-state index in [-0.39, 0.29) is 18.3 Å². The zero-order valence-corrected chi connectivity index (χ0v) is 20.9. The minimum absolute atomic E-state index is 0.133. The normalized spacial score (nSPS) is 14.1. The van der Waals surface area contributed by atoms with Crippen molar-refractivity contribution in [1.29, 1.82) is 0 Å². The number of ketones is 1. The Kier molecular flexibility index (Phi) is 6.97. The van der Waals surface area contributed by atoms with E-state index in [1.165, 1.54) is 5.56 Å². The van der Waals surface area contributed by atoms with Gasteiger partial charge in [-0.1, -0.05) is 19.1 Å². The van der Waals surface area contributed by atoms with E-state index in [1.807, 2.05) is 35.9 Å². The Morgan fingerprint density at radius 3 is 2.61 bits per heavy atom. The number of methoxy groups -OCH3 is 1. The van der Waals surface area contributed by atoms with E-state index in [2.05, 4.69) is 46.4 Å². The second-order valence-electron chi connectivity index (χ2n) is 9.17. The molecule has 0 atom stereocenters. The van der Waals surface area contributed by atoms with Gasteiger partial charge in [-0.15, -0.1) is 0 Å². The standard InChI is InChI=1S/C28H31N5O3/c1-4-19-5-7-20(8-6-19)30-28-31-26-15-23(9-10-27(26)32(28)2)36-24-11-12-29-21(14-24)13-22(34)16-33-17-25(18-33)35-3/h5-12,14-15,25H,4,13,16-18H2,1-3H3,(H,30,31). The van der Waals surface area contributed by atoms with Crippen LogP contribution in [-0.2, 0) is 29.4 Å². The summed E-state index contributed by atoms with van der Waals surface area (Å²) in [6, 6.07) is 17.8. The van der Waals surface area contributed by atoms with Gasteiger partial charge in [0.25, 0.3) is 0 Å². The molecule has 8 heteroatoms. The fourth-order valence-electron chi connectivity index (χ4n) is 4.37. The summed E-state index contributed by atoms with van der Waals surface area (Å²) < 4.78 is 13.4. The van der Waals surface area contributed by atoms with Crippen LogP contribution in [0.3, 0.4) is 0 Å². The largest absolute Gasteiger partial charge is 0.457 e. The molecule has 0 aliphatic carbocycles. The number of imidazole rings is 1. The minimum Gasteiger partial charge on any atom is -0.457 e. The Bertz CT molecular complexity index is 1360. The van der Waals surface area contributed by atoms with Crippen molar-refractivity contribution >= 4 is 28.5 Å². The maximum absolute atomic E-state index is 12.4. The molecule has 8 nitrogen and oxygen atoms in total. The van der Waals surface area contributed by atoms with Crippen LogP contribution >= 0.6 is 0 Å². The van der Waals surface area contributed by atoms with Crippen LogP contribution in [0.15, 0.2) is 60.8 Å². The molecule has 1 fully saturated rings. The van der Waals surface area contributed by atoms with Crippen LogP contribution in [0.2, 0.25) is 0 Å². The molecule has 1 aliphatic heterocycles. The van der Waals surface area contributed by atoms with Gasteiger partial charge in [-0.05, 0) is 42.3 Å². The molecule has 1 saturated heterocycles. The van der Waals surface area contributed by atoms with Crippen molar-refractivity contribution in [3.8, 4) is 11.5 Å². The molecule has 1 aliphatic rings. The Balaban J connectivity index is 1.25. The number of fused-ring (bicyclic) bond motifs is 1. The lowest BCUT2D eigenvalue weighted by Crippen LogP contribution is -2.53. The van der Waals surface area contributed by atoms with Crippen molar-refractivity contribution in [2.24, 2.45) is 7.05 Å². The highest BCUT2D eigenvalue weighted by molar-refractivity contribution is 5.83. The van der Waals surface area contributed by atoms with Crippen LogP contribution in [0.4, 0.5) is 11.6 Å². The molecule has 186 valence electrons. The first-order valence-corrected chi connectivity index (χ1v) is 12.2. The molecule has 0 amide bonds. The van der Waals surface area contributed by atoms with Crippen molar-refractivity contribution in [2.75, 3.05) is 32.1 Å². The molecule has 2 aromatic carbocycles. The van der Waals surface area contributed by atoms with Crippen molar-refractivity contribution in [2.45, 2.75) is 25.9 Å². The molecule has 36 heavy (non-hydrogen) atoms. The number of hydrogen-bond acceptors (Lipinski definition) is 7. The second kappa shape index (κ2) is 10.5. The first-order chi connectivity index (χ1) is 17.5. The van der Waals surface area contributed by atoms with E-state index >= 15 is 0 Å². The molecule has 0 spiro atoms. The summed E-state index contributed by atoms with van der Waals surface area (Å²) in [6.45, 7) is 4.17. The third-order valence-corrected chi connectivity index (χ3v) is 6.53. The fraction of sp³-hybridized carbons (Fsp3) is 0.321. The Labute approximate surface area is 210 Å². The number of ether oxygens (including phenoxy) is 2. The summed E-state index contributed by atoms with van der Waals surface area (Å²) in [5.41, 5.74) is 4.82. The maximum Gasteiger partial charge on any atom is 0.208 e. The van der Waals surface area contributed by atoms with Gasteiger partial charge in [-0.25, -0.2) is 4.98 Å². The smallest absolute Gasteiger partial charge is 0.208 e. The summed E-state index contributed by atoms with van der Waals surface area (Å²) in [6.07, 6.45) is 3.20. The lowest BCUT2D eigenvalue weighted by molar-refractivity contribution is -0.123. The number of nitrogens with zero attached hydrogens (tertiary/aromatic N) is 4. The van der Waals surface area contributed by atoms with Gasteiger partial charge in [0.15, 0.2) is 5.78 Å². The topological polar surface area (TPSA) is 81.5 Å². The molecule has 0 bridgehead atoms. The Morgan fingerprint density at radius 1 is 1.08 bits per heavy atom. The first kappa shape index (κ1) is 24.0. The lowest BCUT2D eigenvalue weighted by atomic mass is 10.1. The molecule has 0 saturated carbocycles. The molecule has 3 heterocycles. The average Bonchev–Trinajstić information content (AvgIpc) is 3.16. The van der Waals surface area contributed by atoms with Gasteiger partial charge in [-0.3, -0.25) is 14.7 Å². The van der Waals surface area contributed by atoms with Gasteiger partial charge < -0.3 is 19.4 Å². The SMILES string of the molecule is CCc1ccc(Nc2nc3cc(Oc4ccnc(CC(=O)CN5CC(OC)C5)c4)ccc3n2C)cc1. The minimum atomic E-state index is 0.133. The molecule has 2 aromatic heterocycles. The van der Waals surface area contributed by atoms with E-state index in [4.69, 9.17) is 14.5 Å². The zero-order valence-electron chi connectivity index (χ0n) is 20.9. The number of Topliss-reactive ketones (excluding diaryl/α,β-unsaturated/α-hetero) is 1. The molecule has 1 N–H and O–H groups in total. The van der Waals surface area contributed by atoms with Gasteiger partial charge in [0.2, 0.25) is 5.95 Å². The highest BCUT2D eigenvalue weighted by Gasteiger charge is 2.27. The van der Waals surface area contributed by atoms with Crippen molar-refractivity contribution < 1.29 is 14.3 Å². The van der Waals surface area contributed by atoms with Gasteiger partial charge in [0.05, 0.1) is 35.8 Å². The Morgan fingerprint density at radius 2 is 1.86 bits per heavy atom. The number of pyridine rings is 1. The van der Waals surface area contributed by atoms with Crippen molar-refractivity contribution in [3.05, 3.63) is 72.1 Å². The van der Waals surface area contributed by atoms with Crippen LogP contribution in [-0.4, -0.2) is 58.1 Å². The van der Waals surface area contributed by atoms with Crippen LogP contribution in [0.25, 0.3) is 11.0 Å². The maximum atomic E-state index is 12.4. The fourth-order valence-corrected chi connectivity index (χ4v) is 4.37. The van der Waals surface area contributed by atoms with E-state index < -0.39 is 0 Å². The summed E-state index contributed by atoms with van der Waals surface area (Å²) in [4.78, 5) is 23.6. The number of rotatable bonds is 10. The highest BCUT2D eigenvalue weighted by atomic mass is 16.5. The third kappa shape index (κ3) is 5.40. The second-order valence-corrected chi connectivity index (χ2v) is 9.17. The predicted octanol–water partition coefficient (Wildman–Crippen LogP) is 4.51. The predicted molar refractivity (Wildman–Crippen MR) is 140 cm³/mol. The van der Waals surface area contributed by atoms with Gasteiger partial charge >= 0.3 is 0 Å². The summed E-state index contributed by atoms with van der Waals surface area (Å²) in [7, 11) is 3.69. The average molecular weight is 486 g/mol. The number of carbonyl (C=O) groups excluding carboxylic acids is 1. The summed E-state index contributed by atoms with van der Waals surface area (Å²) >= 11 is 0. The van der Waals surface area contributed by atoms with Crippen LogP contribution in [0.5, 0.6) is 11.5 Å². The number of benzene rings is 2. The number of aryl methyl sites for hydroxylation is 2. The first-order valence-electron chi connectivity index (χ1n) is 12.2. The lowest BCUT2D eigenvalue weighted by Gasteiger charge is -2.37. The van der Waals surface area contributed by atoms with Crippen LogP contribution < -0.4 is 10.1 Å².